The molecule has 0 N–H and O–H groups in total. The molecule has 4 nitrogen and oxygen atoms in total. The maximum Gasteiger partial charge on any atom is 0.123 e. The molecule has 1 saturated heterocycles. The Labute approximate surface area is 127 Å². The van der Waals surface area contributed by atoms with E-state index in [1.807, 2.05) is 18.2 Å². The minimum absolute atomic E-state index is 0.658. The molecule has 0 spiro atoms. The van der Waals surface area contributed by atoms with Crippen LogP contribution in [0.3, 0.4) is 0 Å². The molecule has 1 aromatic rings. The summed E-state index contributed by atoms with van der Waals surface area (Å²) in [6.45, 7) is 9.75. The molecule has 1 aliphatic rings. The van der Waals surface area contributed by atoms with Gasteiger partial charge in [0, 0.05) is 31.2 Å². The molecule has 0 saturated carbocycles. The van der Waals surface area contributed by atoms with E-state index in [9.17, 15) is 0 Å². The number of benzene rings is 1. The van der Waals surface area contributed by atoms with Crippen molar-refractivity contribution in [3.63, 3.8) is 0 Å². The number of nitriles is 1. The molecule has 4 heteroatoms. The van der Waals surface area contributed by atoms with Crippen LogP contribution in [0.1, 0.15) is 31.4 Å². The molecule has 1 fully saturated rings. The molecule has 0 amide bonds. The van der Waals surface area contributed by atoms with E-state index in [4.69, 9.17) is 10.00 Å². The van der Waals surface area contributed by atoms with E-state index in [0.29, 0.717) is 11.6 Å². The fourth-order valence-corrected chi connectivity index (χ4v) is 3.21. The van der Waals surface area contributed by atoms with Gasteiger partial charge in [-0.3, -0.25) is 9.80 Å². The summed E-state index contributed by atoms with van der Waals surface area (Å²) in [6, 6.07) is 8.52. The van der Waals surface area contributed by atoms with E-state index in [-0.39, 0.29) is 0 Å². The van der Waals surface area contributed by atoms with Crippen LogP contribution in [0.15, 0.2) is 18.2 Å². The predicted octanol–water partition coefficient (Wildman–Crippen LogP) is 2.48. The Bertz CT molecular complexity index is 505. The van der Waals surface area contributed by atoms with E-state index in [2.05, 4.69) is 29.7 Å². The van der Waals surface area contributed by atoms with Crippen molar-refractivity contribution >= 4 is 0 Å². The van der Waals surface area contributed by atoms with Crippen molar-refractivity contribution in [3.8, 4) is 11.8 Å². The van der Waals surface area contributed by atoms with Gasteiger partial charge in [-0.25, -0.2) is 0 Å². The first-order chi connectivity index (χ1) is 10.2. The number of likely N-dealkylation sites (tertiary alicyclic amines) is 1. The monoisotopic (exact) mass is 287 g/mol. The van der Waals surface area contributed by atoms with Gasteiger partial charge in [-0.1, -0.05) is 13.8 Å². The van der Waals surface area contributed by atoms with E-state index in [1.165, 1.54) is 6.42 Å². The summed E-state index contributed by atoms with van der Waals surface area (Å²) in [5.74, 6) is 0.875. The van der Waals surface area contributed by atoms with Crippen LogP contribution in [0.25, 0.3) is 0 Å². The third-order valence-corrected chi connectivity index (χ3v) is 4.38. The number of rotatable bonds is 6. The highest BCUT2D eigenvalue weighted by Gasteiger charge is 2.26. The standard InChI is InChI=1S/C17H25N3O/c1-4-20(5-2)16-8-9-19(13-16)12-15-10-14(11-18)6-7-17(15)21-3/h6-7,10,16H,4-5,8-9,12-13H2,1-3H3. The quantitative estimate of drug-likeness (QED) is 0.806. The second-order valence-electron chi connectivity index (χ2n) is 5.54. The van der Waals surface area contributed by atoms with E-state index in [0.717, 1.165) is 44.0 Å². The molecule has 0 bridgehead atoms. The fourth-order valence-electron chi connectivity index (χ4n) is 3.21. The number of nitrogens with zero attached hydrogens (tertiary/aromatic N) is 3. The summed E-state index contributed by atoms with van der Waals surface area (Å²) in [5, 5.41) is 9.05. The second-order valence-corrected chi connectivity index (χ2v) is 5.54. The van der Waals surface area contributed by atoms with Crippen LogP contribution in [0.4, 0.5) is 0 Å². The molecule has 1 aliphatic heterocycles. The Hall–Kier alpha value is -1.57. The Kier molecular flexibility index (Phi) is 5.60. The van der Waals surface area contributed by atoms with Crippen LogP contribution in [0.2, 0.25) is 0 Å². The molecule has 0 aromatic heterocycles. The molecule has 21 heavy (non-hydrogen) atoms. The first-order valence-corrected chi connectivity index (χ1v) is 7.75. The van der Waals surface area contributed by atoms with Gasteiger partial charge in [0.2, 0.25) is 0 Å². The number of hydrogen-bond acceptors (Lipinski definition) is 4. The maximum absolute atomic E-state index is 9.05. The first-order valence-electron chi connectivity index (χ1n) is 7.75. The van der Waals surface area contributed by atoms with Gasteiger partial charge >= 0.3 is 0 Å². The summed E-state index contributed by atoms with van der Waals surface area (Å²) in [5.41, 5.74) is 1.81. The number of likely N-dealkylation sites (N-methyl/N-ethyl adjacent to an activating group) is 1. The summed E-state index contributed by atoms with van der Waals surface area (Å²) in [6.07, 6.45) is 1.22. The van der Waals surface area contributed by atoms with E-state index in [1.54, 1.807) is 7.11 Å². The predicted molar refractivity (Wildman–Crippen MR) is 84.3 cm³/mol. The lowest BCUT2D eigenvalue weighted by Crippen LogP contribution is -2.37. The summed E-state index contributed by atoms with van der Waals surface area (Å²) in [4.78, 5) is 4.99. The molecule has 114 valence electrons. The topological polar surface area (TPSA) is 39.5 Å². The molecule has 2 rings (SSSR count). The Morgan fingerprint density at radius 1 is 1.38 bits per heavy atom. The van der Waals surface area contributed by atoms with Crippen molar-refractivity contribution in [1.29, 1.82) is 5.26 Å². The molecule has 0 aliphatic carbocycles. The molecule has 1 heterocycles. The minimum atomic E-state index is 0.658. The smallest absolute Gasteiger partial charge is 0.123 e. The van der Waals surface area contributed by atoms with Gasteiger partial charge in [0.15, 0.2) is 0 Å². The van der Waals surface area contributed by atoms with Crippen LogP contribution in [-0.4, -0.2) is 49.1 Å². The van der Waals surface area contributed by atoms with Crippen molar-refractivity contribution in [3.05, 3.63) is 29.3 Å². The third kappa shape index (κ3) is 3.75. The average Bonchev–Trinajstić information content (AvgIpc) is 2.97. The first kappa shape index (κ1) is 15.8. The van der Waals surface area contributed by atoms with Crippen molar-refractivity contribution in [1.82, 2.24) is 9.80 Å². The zero-order chi connectivity index (χ0) is 15.2. The lowest BCUT2D eigenvalue weighted by molar-refractivity contribution is 0.208. The van der Waals surface area contributed by atoms with Crippen molar-refractivity contribution in [2.75, 3.05) is 33.3 Å². The second kappa shape index (κ2) is 7.44. The van der Waals surface area contributed by atoms with Crippen LogP contribution in [0, 0.1) is 11.3 Å². The lowest BCUT2D eigenvalue weighted by Gasteiger charge is -2.26. The lowest BCUT2D eigenvalue weighted by atomic mass is 10.1. The van der Waals surface area contributed by atoms with Crippen LogP contribution in [0.5, 0.6) is 5.75 Å². The summed E-state index contributed by atoms with van der Waals surface area (Å²) < 4.78 is 5.43. The highest BCUT2D eigenvalue weighted by atomic mass is 16.5. The molecule has 1 atom stereocenters. The van der Waals surface area contributed by atoms with Gasteiger partial charge < -0.3 is 4.74 Å². The van der Waals surface area contributed by atoms with Crippen molar-refractivity contribution < 1.29 is 4.74 Å². The molecule has 1 unspecified atom stereocenters. The number of hydrogen-bond donors (Lipinski definition) is 0. The van der Waals surface area contributed by atoms with Gasteiger partial charge in [0.1, 0.15) is 5.75 Å². The largest absolute Gasteiger partial charge is 0.496 e. The molecule has 1 aromatic carbocycles. The highest BCUT2D eigenvalue weighted by Crippen LogP contribution is 2.24. The Morgan fingerprint density at radius 2 is 2.14 bits per heavy atom. The van der Waals surface area contributed by atoms with Crippen LogP contribution >= 0.6 is 0 Å². The minimum Gasteiger partial charge on any atom is -0.496 e. The summed E-state index contributed by atoms with van der Waals surface area (Å²) >= 11 is 0. The van der Waals surface area contributed by atoms with Crippen LogP contribution < -0.4 is 4.74 Å². The van der Waals surface area contributed by atoms with E-state index >= 15 is 0 Å². The fraction of sp³-hybridized carbons (Fsp3) is 0.588. The maximum atomic E-state index is 9.05. The van der Waals surface area contributed by atoms with Gasteiger partial charge in [-0.05, 0) is 37.7 Å². The van der Waals surface area contributed by atoms with E-state index < -0.39 is 0 Å². The zero-order valence-electron chi connectivity index (χ0n) is 13.3. The number of methoxy groups -OCH3 is 1. The van der Waals surface area contributed by atoms with Gasteiger partial charge in [-0.2, -0.15) is 5.26 Å². The normalized spacial score (nSPS) is 18.9. The van der Waals surface area contributed by atoms with Gasteiger partial charge in [0.05, 0.1) is 18.7 Å². The SMILES string of the molecule is CCN(CC)C1CCN(Cc2cc(C#N)ccc2OC)C1. The third-order valence-electron chi connectivity index (χ3n) is 4.38. The Morgan fingerprint density at radius 3 is 2.76 bits per heavy atom. The van der Waals surface area contributed by atoms with Gasteiger partial charge in [-0.15, -0.1) is 0 Å². The zero-order valence-corrected chi connectivity index (χ0v) is 13.3. The highest BCUT2D eigenvalue weighted by molar-refractivity contribution is 5.42. The Balaban J connectivity index is 2.04. The molecular weight excluding hydrogens is 262 g/mol. The van der Waals surface area contributed by atoms with Gasteiger partial charge in [0.25, 0.3) is 0 Å². The van der Waals surface area contributed by atoms with Crippen molar-refractivity contribution in [2.45, 2.75) is 32.9 Å². The average molecular weight is 287 g/mol. The summed E-state index contributed by atoms with van der Waals surface area (Å²) in [7, 11) is 1.69. The molecule has 0 radical (unpaired) electrons. The number of ether oxygens (including phenoxy) is 1. The van der Waals surface area contributed by atoms with Crippen molar-refractivity contribution in [2.24, 2.45) is 0 Å². The molecular formula is C17H25N3O. The van der Waals surface area contributed by atoms with Crippen LogP contribution in [-0.2, 0) is 6.54 Å².